The van der Waals surface area contributed by atoms with Gasteiger partial charge in [-0.05, 0) is 89.2 Å². The van der Waals surface area contributed by atoms with Crippen molar-refractivity contribution >= 4 is 65.9 Å². The first-order valence-corrected chi connectivity index (χ1v) is 24.1. The maximum Gasteiger partial charge on any atom is 0.140 e. The summed E-state index contributed by atoms with van der Waals surface area (Å²) >= 11 is 0. The molecular formula is C63H56IrN4O2-2. The molecule has 1 radical (unpaired) electrons. The van der Waals surface area contributed by atoms with Crippen LogP contribution in [0.3, 0.4) is 0 Å². The first kappa shape index (κ1) is 43.0. The molecule has 0 aliphatic heterocycles. The fourth-order valence-electron chi connectivity index (χ4n) is 10.2. The Hall–Kier alpha value is -7.05. The van der Waals surface area contributed by atoms with Crippen LogP contribution in [0, 0.1) is 19.0 Å². The number of aromatic nitrogens is 4. The maximum absolute atomic E-state index is 8.56. The molecule has 0 bridgehead atoms. The number of benzene rings is 8. The minimum atomic E-state index is -2.37. The fraction of sp³-hybridized carbons (Fsp3) is 0.206. The summed E-state index contributed by atoms with van der Waals surface area (Å²) in [6, 6.07) is 57.5. The molecule has 0 aliphatic rings. The predicted octanol–water partition coefficient (Wildman–Crippen LogP) is 17.6. The maximum atomic E-state index is 8.56. The smallest absolute Gasteiger partial charge is 0.140 e. The molecule has 351 valence electrons. The summed E-state index contributed by atoms with van der Waals surface area (Å²) in [6.45, 7) is 15.3. The molecule has 0 fully saturated rings. The molecule has 12 rings (SSSR count). The van der Waals surface area contributed by atoms with Gasteiger partial charge in [-0.3, -0.25) is 9.97 Å². The van der Waals surface area contributed by atoms with Gasteiger partial charge >= 0.3 is 0 Å². The van der Waals surface area contributed by atoms with Crippen LogP contribution in [0.15, 0.2) is 160 Å². The summed E-state index contributed by atoms with van der Waals surface area (Å²) in [4.78, 5) is 10.2. The van der Waals surface area contributed by atoms with Crippen molar-refractivity contribution in [2.24, 2.45) is 0 Å². The number of fused-ring (bicyclic) bond motifs is 8. The molecular weight excluding hydrogens is 1040 g/mol. The standard InChI is InChI=1S/C38H31N2O2.C25H25N2.Ir/c1-21(2)28-20-29-25-14-7-9-19-32(25)42-37(29)33(22(3)4)35(28)40-34-23(5)12-10-17-30(34)39-38(40)27-16-11-15-26-24-13-6-8-18-31(24)41-36(26)27;1-17(2)20-13-10-14-21(18(3)4)24(20)27-23-16-9-8-15-22(23)26-25(27)19-11-6-5-7-12-19;/h6-15,17-22H,1-5H3;5-11,13-18H,1-4H3;/q2*-1;/i5D3;;. The van der Waals surface area contributed by atoms with E-state index in [1.165, 1.54) is 16.8 Å². The van der Waals surface area contributed by atoms with E-state index in [1.54, 1.807) is 12.1 Å². The Morgan fingerprint density at radius 2 is 1.11 bits per heavy atom. The molecule has 0 saturated heterocycles. The van der Waals surface area contributed by atoms with Gasteiger partial charge in [-0.2, -0.15) is 0 Å². The number of hydrogen-bond acceptors (Lipinski definition) is 4. The number of imidazole rings is 2. The molecule has 0 aliphatic carbocycles. The Morgan fingerprint density at radius 1 is 0.500 bits per heavy atom. The van der Waals surface area contributed by atoms with Crippen LogP contribution in [0.5, 0.6) is 0 Å². The Kier molecular flexibility index (Phi) is 11.5. The van der Waals surface area contributed by atoms with Crippen molar-refractivity contribution in [1.29, 1.82) is 0 Å². The van der Waals surface area contributed by atoms with Crippen molar-refractivity contribution in [2.45, 2.75) is 85.9 Å². The van der Waals surface area contributed by atoms with E-state index in [4.69, 9.17) is 22.9 Å². The third-order valence-electron chi connectivity index (χ3n) is 13.4. The molecule has 4 aromatic heterocycles. The Balaban J connectivity index is 0.000000187. The molecule has 70 heavy (non-hydrogen) atoms. The van der Waals surface area contributed by atoms with Crippen LogP contribution in [-0.4, -0.2) is 19.1 Å². The van der Waals surface area contributed by atoms with E-state index in [1.807, 2.05) is 83.4 Å². The SMILES string of the molecule is CC(C)c1cccc(C(C)C)c1-n1c(-c2[c-]cccc2)nc2ccccc21.[2H]C([2H])([2H])c1cccc2nc(-c3[c-]ccc4c3oc3ccccc34)n(-c3c(C(C)C)cc4c(oc5ccccc54)c3C(C)C)c12.[Ir]. The Morgan fingerprint density at radius 3 is 1.79 bits per heavy atom. The Labute approximate surface area is 427 Å². The van der Waals surface area contributed by atoms with Crippen molar-refractivity contribution in [3.05, 3.63) is 192 Å². The van der Waals surface area contributed by atoms with Gasteiger partial charge in [-0.15, -0.1) is 54.1 Å². The molecule has 0 spiro atoms. The zero-order valence-electron chi connectivity index (χ0n) is 43.7. The summed E-state index contributed by atoms with van der Waals surface area (Å²) in [7, 11) is 0. The minimum Gasteiger partial charge on any atom is -0.501 e. The summed E-state index contributed by atoms with van der Waals surface area (Å²) in [5.74, 6) is 2.52. The van der Waals surface area contributed by atoms with Gasteiger partial charge in [0.15, 0.2) is 0 Å². The normalized spacial score (nSPS) is 12.7. The summed E-state index contributed by atoms with van der Waals surface area (Å²) in [5, 5.41) is 4.06. The van der Waals surface area contributed by atoms with Crippen LogP contribution in [0.2, 0.25) is 0 Å². The van der Waals surface area contributed by atoms with Crippen LogP contribution in [-0.2, 0) is 20.1 Å². The molecule has 0 atom stereocenters. The van der Waals surface area contributed by atoms with Gasteiger partial charge in [0.25, 0.3) is 0 Å². The third-order valence-corrected chi connectivity index (χ3v) is 13.4. The van der Waals surface area contributed by atoms with Gasteiger partial charge in [0, 0.05) is 57.3 Å². The second-order valence-corrected chi connectivity index (χ2v) is 19.3. The average Bonchev–Trinajstić information content (AvgIpc) is 4.15. The second-order valence-electron chi connectivity index (χ2n) is 19.3. The molecule has 0 N–H and O–H groups in total. The summed E-state index contributed by atoms with van der Waals surface area (Å²) in [6.07, 6.45) is 0. The van der Waals surface area contributed by atoms with Gasteiger partial charge in [0.1, 0.15) is 16.7 Å². The molecule has 4 heterocycles. The fourth-order valence-corrected chi connectivity index (χ4v) is 10.2. The van der Waals surface area contributed by atoms with Gasteiger partial charge in [-0.25, -0.2) is 0 Å². The number of furan rings is 2. The summed E-state index contributed by atoms with van der Waals surface area (Å²) < 4.78 is 43.2. The first-order chi connectivity index (χ1) is 34.7. The van der Waals surface area contributed by atoms with Gasteiger partial charge < -0.3 is 18.0 Å². The van der Waals surface area contributed by atoms with E-state index < -0.39 is 6.85 Å². The number of nitrogens with zero attached hydrogens (tertiary/aromatic N) is 4. The molecule has 0 unspecified atom stereocenters. The zero-order chi connectivity index (χ0) is 50.2. The van der Waals surface area contributed by atoms with Crippen LogP contribution in [0.4, 0.5) is 0 Å². The number of para-hydroxylation sites is 6. The van der Waals surface area contributed by atoms with Crippen LogP contribution >= 0.6 is 0 Å². The van der Waals surface area contributed by atoms with Gasteiger partial charge in [0.2, 0.25) is 0 Å². The van der Waals surface area contributed by atoms with Crippen molar-refractivity contribution in [3.8, 4) is 34.2 Å². The molecule has 8 aromatic carbocycles. The quantitative estimate of drug-likeness (QED) is 0.142. The van der Waals surface area contributed by atoms with E-state index in [2.05, 4.69) is 133 Å². The van der Waals surface area contributed by atoms with Crippen LogP contribution in [0.1, 0.15) is 111 Å². The largest absolute Gasteiger partial charge is 0.501 e. The third kappa shape index (κ3) is 7.77. The summed E-state index contributed by atoms with van der Waals surface area (Å²) in [5.41, 5.74) is 15.2. The van der Waals surface area contributed by atoms with Gasteiger partial charge in [-0.1, -0.05) is 145 Å². The zero-order valence-corrected chi connectivity index (χ0v) is 43.1. The minimum absolute atomic E-state index is 0. The van der Waals surface area contributed by atoms with E-state index in [-0.39, 0.29) is 37.5 Å². The predicted molar refractivity (Wildman–Crippen MR) is 286 cm³/mol. The van der Waals surface area contributed by atoms with Gasteiger partial charge in [0.05, 0.1) is 39.3 Å². The van der Waals surface area contributed by atoms with E-state index in [0.29, 0.717) is 39.8 Å². The van der Waals surface area contributed by atoms with Crippen molar-refractivity contribution in [2.75, 3.05) is 0 Å². The first-order valence-electron chi connectivity index (χ1n) is 25.6. The van der Waals surface area contributed by atoms with E-state index in [0.717, 1.165) is 77.5 Å². The second kappa shape index (κ2) is 18.7. The number of rotatable bonds is 8. The molecule has 7 heteroatoms. The van der Waals surface area contributed by atoms with Crippen LogP contribution < -0.4 is 0 Å². The molecule has 6 nitrogen and oxygen atoms in total. The Bertz CT molecular complexity index is 3980. The number of aryl methyl sites for hydroxylation is 1. The van der Waals surface area contributed by atoms with E-state index in [9.17, 15) is 0 Å². The topological polar surface area (TPSA) is 61.9 Å². The average molecular weight is 1100 g/mol. The van der Waals surface area contributed by atoms with Crippen LogP contribution in [0.25, 0.3) is 100 Å². The molecule has 0 amide bonds. The van der Waals surface area contributed by atoms with E-state index >= 15 is 0 Å². The molecule has 0 saturated carbocycles. The molecule has 12 aromatic rings. The number of hydrogen-bond donors (Lipinski definition) is 0. The monoisotopic (exact) mass is 1100 g/mol. The van der Waals surface area contributed by atoms with Crippen molar-refractivity contribution in [1.82, 2.24) is 19.1 Å². The van der Waals surface area contributed by atoms with Crippen molar-refractivity contribution in [3.63, 3.8) is 0 Å². The van der Waals surface area contributed by atoms with Crippen molar-refractivity contribution < 1.29 is 33.1 Å².